The van der Waals surface area contributed by atoms with Gasteiger partial charge >= 0.3 is 24.3 Å². The average Bonchev–Trinajstić information content (AvgIpc) is 2.37. The van der Waals surface area contributed by atoms with Crippen LogP contribution in [0.1, 0.15) is 10.5 Å². The van der Waals surface area contributed by atoms with E-state index in [0.29, 0.717) is 4.60 Å². The van der Waals surface area contributed by atoms with E-state index >= 15 is 0 Å². The van der Waals surface area contributed by atoms with Gasteiger partial charge in [0.2, 0.25) is 0 Å². The number of hydrogen-bond acceptors (Lipinski definition) is 4. The van der Waals surface area contributed by atoms with Crippen molar-refractivity contribution in [1.29, 1.82) is 0 Å². The van der Waals surface area contributed by atoms with Crippen molar-refractivity contribution in [2.75, 3.05) is 0 Å². The summed E-state index contributed by atoms with van der Waals surface area (Å²) in [6, 6.07) is 5.00. The van der Waals surface area contributed by atoms with Crippen LogP contribution in [0.5, 0.6) is 0 Å². The minimum absolute atomic E-state index is 0.273. The first-order valence-electron chi connectivity index (χ1n) is 5.11. The van der Waals surface area contributed by atoms with Gasteiger partial charge in [-0.1, -0.05) is 6.07 Å². The second kappa shape index (κ2) is 9.69. The molecule has 0 aliphatic rings. The number of carboxylic acid groups (broad SMARTS) is 2. The van der Waals surface area contributed by atoms with Crippen LogP contribution >= 0.6 is 15.9 Å². The molecule has 0 saturated heterocycles. The van der Waals surface area contributed by atoms with Crippen molar-refractivity contribution in [3.8, 4) is 0 Å². The summed E-state index contributed by atoms with van der Waals surface area (Å²) in [5.41, 5.74) is 5.23. The molecule has 0 unspecified atom stereocenters. The summed E-state index contributed by atoms with van der Waals surface area (Å²) >= 11 is 3.11. The first kappa shape index (κ1) is 23.9. The molecule has 136 valence electrons. The molecule has 1 aromatic heterocycles. The van der Waals surface area contributed by atoms with E-state index < -0.39 is 30.2 Å². The third-order valence-corrected chi connectivity index (χ3v) is 1.89. The predicted octanol–water partition coefficient (Wildman–Crippen LogP) is 2.21. The van der Waals surface area contributed by atoms with E-state index in [9.17, 15) is 31.1 Å². The first-order chi connectivity index (χ1) is 10.6. The van der Waals surface area contributed by atoms with Crippen LogP contribution in [-0.4, -0.2) is 45.4 Å². The van der Waals surface area contributed by atoms with Crippen LogP contribution in [0.3, 0.4) is 0 Å². The highest BCUT2D eigenvalue weighted by Gasteiger charge is 2.38. The maximum Gasteiger partial charge on any atom is 0.490 e. The number of nitrogens with two attached hydrogens (primary N) is 1. The van der Waals surface area contributed by atoms with Crippen LogP contribution in [0, 0.1) is 0 Å². The van der Waals surface area contributed by atoms with Gasteiger partial charge in [-0.15, -0.1) is 0 Å². The minimum atomic E-state index is -5.08. The Bertz CT molecular complexity index is 566. The summed E-state index contributed by atoms with van der Waals surface area (Å²) in [6.07, 6.45) is -10.2. The summed E-state index contributed by atoms with van der Waals surface area (Å²) in [5, 5.41) is 14.2. The van der Waals surface area contributed by atoms with Gasteiger partial charge in [-0.05, 0) is 28.1 Å². The zero-order chi connectivity index (χ0) is 19.7. The van der Waals surface area contributed by atoms with Gasteiger partial charge in [0.15, 0.2) is 0 Å². The van der Waals surface area contributed by atoms with Crippen LogP contribution in [0.25, 0.3) is 0 Å². The molecule has 24 heavy (non-hydrogen) atoms. The molecular formula is C10H7BrF6N2O5. The number of alkyl halides is 6. The molecule has 14 heteroatoms. The second-order valence-electron chi connectivity index (χ2n) is 3.32. The van der Waals surface area contributed by atoms with Crippen LogP contribution in [0.4, 0.5) is 26.3 Å². The third kappa shape index (κ3) is 12.2. The lowest BCUT2D eigenvalue weighted by atomic mass is 10.3. The number of rotatable bonds is 1. The van der Waals surface area contributed by atoms with Crippen molar-refractivity contribution in [2.45, 2.75) is 12.4 Å². The largest absolute Gasteiger partial charge is 0.490 e. The van der Waals surface area contributed by atoms with E-state index in [1.54, 1.807) is 18.2 Å². The monoisotopic (exact) mass is 428 g/mol. The van der Waals surface area contributed by atoms with Crippen molar-refractivity contribution in [3.63, 3.8) is 0 Å². The minimum Gasteiger partial charge on any atom is -0.475 e. The van der Waals surface area contributed by atoms with E-state index in [-0.39, 0.29) is 5.69 Å². The van der Waals surface area contributed by atoms with Crippen molar-refractivity contribution >= 4 is 33.8 Å². The molecule has 1 rings (SSSR count). The second-order valence-corrected chi connectivity index (χ2v) is 4.13. The van der Waals surface area contributed by atoms with Crippen molar-refractivity contribution < 1.29 is 50.9 Å². The smallest absolute Gasteiger partial charge is 0.475 e. The number of aliphatic carboxylic acids is 2. The summed E-state index contributed by atoms with van der Waals surface area (Å²) in [4.78, 5) is 32.1. The van der Waals surface area contributed by atoms with Gasteiger partial charge in [-0.25, -0.2) is 14.6 Å². The molecule has 0 aromatic carbocycles. The summed E-state index contributed by atoms with van der Waals surface area (Å²) in [5.74, 6) is -6.03. The maximum absolute atomic E-state index is 10.6. The Hall–Kier alpha value is -2.38. The predicted molar refractivity (Wildman–Crippen MR) is 67.8 cm³/mol. The van der Waals surface area contributed by atoms with Gasteiger partial charge in [-0.3, -0.25) is 4.79 Å². The standard InChI is InChI=1S/C6H5BrN2O.2C2HF3O2/c7-5-3-1-2-4(9-5)6(8)10;2*3-2(4,5)1(6)7/h1-3H,(H2,8,10);2*(H,6,7). The van der Waals surface area contributed by atoms with E-state index in [4.69, 9.17) is 25.5 Å². The van der Waals surface area contributed by atoms with E-state index in [0.717, 1.165) is 0 Å². The summed E-state index contributed by atoms with van der Waals surface area (Å²) in [6.45, 7) is 0. The molecule has 1 aromatic rings. The van der Waals surface area contributed by atoms with Crippen molar-refractivity contribution in [1.82, 2.24) is 4.98 Å². The van der Waals surface area contributed by atoms with Gasteiger partial charge in [0.05, 0.1) is 0 Å². The molecule has 0 aliphatic carbocycles. The molecule has 0 bridgehead atoms. The number of nitrogens with zero attached hydrogens (tertiary/aromatic N) is 1. The van der Waals surface area contributed by atoms with E-state index in [1.807, 2.05) is 0 Å². The molecule has 0 atom stereocenters. The quantitative estimate of drug-likeness (QED) is 0.464. The fraction of sp³-hybridized carbons (Fsp3) is 0.200. The van der Waals surface area contributed by atoms with Gasteiger partial charge in [0, 0.05) is 0 Å². The fourth-order valence-electron chi connectivity index (χ4n) is 0.545. The molecule has 0 saturated carbocycles. The van der Waals surface area contributed by atoms with Crippen LogP contribution in [0.15, 0.2) is 22.8 Å². The van der Waals surface area contributed by atoms with Crippen LogP contribution in [0.2, 0.25) is 0 Å². The van der Waals surface area contributed by atoms with E-state index in [1.165, 1.54) is 0 Å². The lowest BCUT2D eigenvalue weighted by Gasteiger charge is -1.93. The first-order valence-corrected chi connectivity index (χ1v) is 5.91. The summed E-state index contributed by atoms with van der Waals surface area (Å²) in [7, 11) is 0. The van der Waals surface area contributed by atoms with Gasteiger partial charge < -0.3 is 15.9 Å². The van der Waals surface area contributed by atoms with Crippen LogP contribution in [-0.2, 0) is 9.59 Å². The molecule has 0 spiro atoms. The number of primary amides is 1. The number of carboxylic acids is 2. The zero-order valence-electron chi connectivity index (χ0n) is 11.0. The fourth-order valence-corrected chi connectivity index (χ4v) is 0.889. The van der Waals surface area contributed by atoms with E-state index in [2.05, 4.69) is 20.9 Å². The Morgan fingerprint density at radius 1 is 0.958 bits per heavy atom. The molecule has 1 heterocycles. The van der Waals surface area contributed by atoms with Crippen LogP contribution < -0.4 is 5.73 Å². The number of halogens is 7. The molecule has 0 aliphatic heterocycles. The number of amides is 1. The zero-order valence-corrected chi connectivity index (χ0v) is 12.6. The van der Waals surface area contributed by atoms with Gasteiger partial charge in [0.1, 0.15) is 10.3 Å². The highest BCUT2D eigenvalue weighted by molar-refractivity contribution is 9.10. The topological polar surface area (TPSA) is 131 Å². The Morgan fingerprint density at radius 3 is 1.46 bits per heavy atom. The Morgan fingerprint density at radius 2 is 1.29 bits per heavy atom. The lowest BCUT2D eigenvalue weighted by Crippen LogP contribution is -2.21. The third-order valence-electron chi connectivity index (χ3n) is 1.45. The number of carbonyl (C=O) groups is 3. The highest BCUT2D eigenvalue weighted by atomic mass is 79.9. The number of hydrogen-bond donors (Lipinski definition) is 3. The molecule has 4 N–H and O–H groups in total. The molecule has 0 radical (unpaired) electrons. The van der Waals surface area contributed by atoms with Gasteiger partial charge in [0.25, 0.3) is 5.91 Å². The highest BCUT2D eigenvalue weighted by Crippen LogP contribution is 2.13. The maximum atomic E-state index is 10.6. The summed E-state index contributed by atoms with van der Waals surface area (Å²) < 4.78 is 64.1. The Balaban J connectivity index is 0. The van der Waals surface area contributed by atoms with Crippen molar-refractivity contribution in [2.24, 2.45) is 5.73 Å². The SMILES string of the molecule is NC(=O)c1cccc(Br)n1.O=C(O)C(F)(F)F.O=C(O)C(F)(F)F. The molecule has 1 amide bonds. The number of aromatic nitrogens is 1. The molecule has 7 nitrogen and oxygen atoms in total. The van der Waals surface area contributed by atoms with Crippen molar-refractivity contribution in [3.05, 3.63) is 28.5 Å². The normalized spacial score (nSPS) is 10.5. The number of pyridine rings is 1. The lowest BCUT2D eigenvalue weighted by molar-refractivity contribution is -0.193. The number of carbonyl (C=O) groups excluding carboxylic acids is 1. The molecule has 0 fully saturated rings. The average molecular weight is 429 g/mol. The Labute approximate surface area is 137 Å². The Kier molecular flexibility index (Phi) is 9.64. The molecular weight excluding hydrogens is 422 g/mol. The van der Waals surface area contributed by atoms with Gasteiger partial charge in [-0.2, -0.15) is 26.3 Å².